The summed E-state index contributed by atoms with van der Waals surface area (Å²) in [6.45, 7) is 5.98. The first-order chi connectivity index (χ1) is 9.51. The summed E-state index contributed by atoms with van der Waals surface area (Å²) < 4.78 is 6.90. The maximum Gasteiger partial charge on any atom is 0.145 e. The zero-order chi connectivity index (χ0) is 14.7. The van der Waals surface area contributed by atoms with Crippen LogP contribution in [0, 0.1) is 13.8 Å². The van der Waals surface area contributed by atoms with E-state index in [0.717, 1.165) is 21.3 Å². The molecule has 1 atom stereocenters. The number of hydrogen-bond donors (Lipinski definition) is 1. The van der Waals surface area contributed by atoms with Crippen LogP contribution < -0.4 is 4.74 Å². The monoisotopic (exact) mass is 335 g/mol. The van der Waals surface area contributed by atoms with E-state index in [1.54, 1.807) is 12.3 Å². The Labute approximate surface area is 127 Å². The van der Waals surface area contributed by atoms with E-state index in [2.05, 4.69) is 20.9 Å². The maximum absolute atomic E-state index is 9.70. The average molecular weight is 336 g/mol. The summed E-state index contributed by atoms with van der Waals surface area (Å²) >= 11 is 3.54. The molecular weight excluding hydrogens is 318 g/mol. The summed E-state index contributed by atoms with van der Waals surface area (Å²) in [5, 5.41) is 9.70. The third kappa shape index (κ3) is 3.38. The van der Waals surface area contributed by atoms with Crippen LogP contribution in [-0.2, 0) is 0 Å². The lowest BCUT2D eigenvalue weighted by Gasteiger charge is -2.11. The van der Waals surface area contributed by atoms with Gasteiger partial charge in [-0.15, -0.1) is 0 Å². The molecular formula is C16H18BrNO2. The van der Waals surface area contributed by atoms with Gasteiger partial charge in [0.1, 0.15) is 11.5 Å². The van der Waals surface area contributed by atoms with Gasteiger partial charge in [0.2, 0.25) is 0 Å². The Hall–Kier alpha value is -1.39. The summed E-state index contributed by atoms with van der Waals surface area (Å²) in [5.74, 6) is 1.45. The minimum Gasteiger partial charge on any atom is -0.456 e. The summed E-state index contributed by atoms with van der Waals surface area (Å²) in [4.78, 5) is 4.22. The Morgan fingerprint density at radius 2 is 1.85 bits per heavy atom. The summed E-state index contributed by atoms with van der Waals surface area (Å²) in [5.41, 5.74) is 2.93. The van der Waals surface area contributed by atoms with Crippen molar-refractivity contribution in [3.05, 3.63) is 51.8 Å². The Bertz CT molecular complexity index is 573. The topological polar surface area (TPSA) is 42.4 Å². The highest BCUT2D eigenvalue weighted by atomic mass is 79.9. The second-order valence-corrected chi connectivity index (χ2v) is 5.61. The molecule has 1 aromatic carbocycles. The molecule has 2 aromatic rings. The largest absolute Gasteiger partial charge is 0.456 e. The predicted octanol–water partition coefficient (Wildman–Crippen LogP) is 4.70. The standard InChI is InChI=1S/C16H18BrNO2/c1-4-15(19)14-6-5-12(9-18-14)20-13-7-10(2)16(17)11(3)8-13/h5-9,15,19H,4H2,1-3H3/t15-/m1/s1. The van der Waals surface area contributed by atoms with Crippen molar-refractivity contribution >= 4 is 15.9 Å². The van der Waals surface area contributed by atoms with Crippen LogP contribution in [0.4, 0.5) is 0 Å². The van der Waals surface area contributed by atoms with Gasteiger partial charge in [0, 0.05) is 4.47 Å². The molecule has 1 aromatic heterocycles. The fraction of sp³-hybridized carbons (Fsp3) is 0.312. The number of halogens is 1. The predicted molar refractivity (Wildman–Crippen MR) is 83.2 cm³/mol. The normalized spacial score (nSPS) is 12.2. The van der Waals surface area contributed by atoms with Crippen molar-refractivity contribution in [1.82, 2.24) is 4.98 Å². The number of pyridine rings is 1. The van der Waals surface area contributed by atoms with Crippen LogP contribution in [0.3, 0.4) is 0 Å². The Kier molecular flexibility index (Phi) is 4.78. The number of aromatic nitrogens is 1. The van der Waals surface area contributed by atoms with E-state index in [4.69, 9.17) is 4.74 Å². The van der Waals surface area contributed by atoms with Crippen molar-refractivity contribution in [1.29, 1.82) is 0 Å². The quantitative estimate of drug-likeness (QED) is 0.880. The molecule has 3 nitrogen and oxygen atoms in total. The smallest absolute Gasteiger partial charge is 0.145 e. The molecule has 0 aliphatic heterocycles. The molecule has 0 bridgehead atoms. The van der Waals surface area contributed by atoms with Crippen LogP contribution in [0.15, 0.2) is 34.9 Å². The van der Waals surface area contributed by atoms with Gasteiger partial charge in [0.15, 0.2) is 0 Å². The van der Waals surface area contributed by atoms with Gasteiger partial charge in [-0.1, -0.05) is 22.9 Å². The lowest BCUT2D eigenvalue weighted by molar-refractivity contribution is 0.169. The molecule has 0 fully saturated rings. The summed E-state index contributed by atoms with van der Waals surface area (Å²) in [6, 6.07) is 7.58. The number of aliphatic hydroxyl groups excluding tert-OH is 1. The third-order valence-electron chi connectivity index (χ3n) is 3.13. The van der Waals surface area contributed by atoms with Crippen LogP contribution in [0.5, 0.6) is 11.5 Å². The van der Waals surface area contributed by atoms with Crippen molar-refractivity contribution in [3.63, 3.8) is 0 Å². The molecule has 0 saturated heterocycles. The van der Waals surface area contributed by atoms with E-state index < -0.39 is 6.10 Å². The molecule has 4 heteroatoms. The summed E-state index contributed by atoms with van der Waals surface area (Å²) in [6.07, 6.45) is 1.78. The lowest BCUT2D eigenvalue weighted by Crippen LogP contribution is -1.98. The Morgan fingerprint density at radius 3 is 2.35 bits per heavy atom. The highest BCUT2D eigenvalue weighted by Crippen LogP contribution is 2.29. The number of nitrogens with zero attached hydrogens (tertiary/aromatic N) is 1. The van der Waals surface area contributed by atoms with Gasteiger partial charge < -0.3 is 9.84 Å². The molecule has 1 heterocycles. The second kappa shape index (κ2) is 6.37. The first-order valence-electron chi connectivity index (χ1n) is 6.60. The molecule has 20 heavy (non-hydrogen) atoms. The fourth-order valence-corrected chi connectivity index (χ4v) is 2.19. The van der Waals surface area contributed by atoms with Gasteiger partial charge in [-0.25, -0.2) is 0 Å². The number of ether oxygens (including phenoxy) is 1. The van der Waals surface area contributed by atoms with E-state index >= 15 is 0 Å². The second-order valence-electron chi connectivity index (χ2n) is 4.82. The molecule has 0 saturated carbocycles. The number of hydrogen-bond acceptors (Lipinski definition) is 3. The number of aryl methyl sites for hydroxylation is 2. The van der Waals surface area contributed by atoms with Gasteiger partial charge in [-0.2, -0.15) is 0 Å². The number of benzene rings is 1. The van der Waals surface area contributed by atoms with Gasteiger partial charge in [0.05, 0.1) is 18.0 Å². The molecule has 2 rings (SSSR count). The van der Waals surface area contributed by atoms with Crippen molar-refractivity contribution in [2.45, 2.75) is 33.3 Å². The van der Waals surface area contributed by atoms with E-state index in [0.29, 0.717) is 17.9 Å². The molecule has 106 valence electrons. The van der Waals surface area contributed by atoms with Gasteiger partial charge in [0.25, 0.3) is 0 Å². The third-order valence-corrected chi connectivity index (χ3v) is 4.38. The molecule has 0 aliphatic rings. The van der Waals surface area contributed by atoms with Crippen LogP contribution in [0.1, 0.15) is 36.3 Å². The molecule has 0 unspecified atom stereocenters. The van der Waals surface area contributed by atoms with E-state index in [9.17, 15) is 5.11 Å². The SMILES string of the molecule is CC[C@@H](O)c1ccc(Oc2cc(C)c(Br)c(C)c2)cn1. The highest BCUT2D eigenvalue weighted by Gasteiger charge is 2.08. The van der Waals surface area contributed by atoms with Crippen molar-refractivity contribution < 1.29 is 9.84 Å². The van der Waals surface area contributed by atoms with Gasteiger partial charge >= 0.3 is 0 Å². The Balaban J connectivity index is 2.18. The lowest BCUT2D eigenvalue weighted by atomic mass is 10.1. The van der Waals surface area contributed by atoms with Crippen LogP contribution in [-0.4, -0.2) is 10.1 Å². The zero-order valence-corrected chi connectivity index (χ0v) is 13.4. The van der Waals surface area contributed by atoms with E-state index in [-0.39, 0.29) is 0 Å². The van der Waals surface area contributed by atoms with Crippen LogP contribution in [0.2, 0.25) is 0 Å². The highest BCUT2D eigenvalue weighted by molar-refractivity contribution is 9.10. The summed E-state index contributed by atoms with van der Waals surface area (Å²) in [7, 11) is 0. The molecule has 1 N–H and O–H groups in total. The maximum atomic E-state index is 9.70. The van der Waals surface area contributed by atoms with Crippen LogP contribution in [0.25, 0.3) is 0 Å². The minimum absolute atomic E-state index is 0.513. The first-order valence-corrected chi connectivity index (χ1v) is 7.39. The average Bonchev–Trinajstić information content (AvgIpc) is 2.44. The van der Waals surface area contributed by atoms with Crippen LogP contribution >= 0.6 is 15.9 Å². The minimum atomic E-state index is -0.513. The Morgan fingerprint density at radius 1 is 1.20 bits per heavy atom. The van der Waals surface area contributed by atoms with Crippen molar-refractivity contribution in [2.75, 3.05) is 0 Å². The van der Waals surface area contributed by atoms with Gasteiger partial charge in [-0.05, 0) is 55.7 Å². The molecule has 0 spiro atoms. The first kappa shape index (κ1) is 15.0. The molecule has 0 radical (unpaired) electrons. The van der Waals surface area contributed by atoms with Gasteiger partial charge in [-0.3, -0.25) is 4.98 Å². The molecule has 0 aliphatic carbocycles. The number of rotatable bonds is 4. The fourth-order valence-electron chi connectivity index (χ4n) is 1.96. The van der Waals surface area contributed by atoms with Crippen molar-refractivity contribution in [3.8, 4) is 11.5 Å². The zero-order valence-electron chi connectivity index (χ0n) is 11.9. The van der Waals surface area contributed by atoms with E-state index in [1.165, 1.54) is 0 Å². The van der Waals surface area contributed by atoms with Crippen molar-refractivity contribution in [2.24, 2.45) is 0 Å². The van der Waals surface area contributed by atoms with E-state index in [1.807, 2.05) is 39.0 Å². The molecule has 0 amide bonds. The number of aliphatic hydroxyl groups is 1.